The predicted octanol–water partition coefficient (Wildman–Crippen LogP) is 3.67. The average molecular weight is 513 g/mol. The molecule has 180 valence electrons. The number of rotatable bonds is 9. The molecule has 1 aliphatic rings. The number of anilines is 1. The van der Waals surface area contributed by atoms with E-state index >= 15 is 0 Å². The number of nitrogens with one attached hydrogen (secondary N) is 1. The van der Waals surface area contributed by atoms with Gasteiger partial charge in [-0.15, -0.1) is 0 Å². The lowest BCUT2D eigenvalue weighted by molar-refractivity contribution is -0.119. The maximum Gasteiger partial charge on any atom is 0.351 e. The molecule has 3 aromatic rings. The van der Waals surface area contributed by atoms with Crippen molar-refractivity contribution in [1.29, 1.82) is 0 Å². The number of hydrogen-bond acceptors (Lipinski definition) is 8. The molecule has 2 aromatic carbocycles. The molecule has 1 aliphatic heterocycles. The summed E-state index contributed by atoms with van der Waals surface area (Å²) in [6.45, 7) is -0.337. The van der Waals surface area contributed by atoms with Crippen molar-refractivity contribution in [3.05, 3.63) is 64.2 Å². The lowest BCUT2D eigenvalue weighted by Gasteiger charge is -2.21. The van der Waals surface area contributed by atoms with Gasteiger partial charge in [-0.1, -0.05) is 41.9 Å². The Bertz CT molecular complexity index is 1250. The van der Waals surface area contributed by atoms with Crippen LogP contribution in [0.3, 0.4) is 0 Å². The van der Waals surface area contributed by atoms with Gasteiger partial charge in [0.2, 0.25) is 6.23 Å². The van der Waals surface area contributed by atoms with E-state index in [4.69, 9.17) is 31.1 Å². The summed E-state index contributed by atoms with van der Waals surface area (Å²) in [5, 5.41) is 4.59. The van der Waals surface area contributed by atoms with Gasteiger partial charge in [0.15, 0.2) is 0 Å². The highest BCUT2D eigenvalue weighted by Crippen LogP contribution is 2.44. The van der Waals surface area contributed by atoms with Crippen LogP contribution in [0.4, 0.5) is 14.6 Å². The molecule has 1 aromatic heterocycles. The summed E-state index contributed by atoms with van der Waals surface area (Å²) in [6, 6.07) is 13.1. The number of benzene rings is 2. The standard InChI is InChI=1S/C21H20ClF2N4O5P/c22-17-11-28(20(30)27-18(17)25)19-21(23,24)10-16(32-19)12-31-34(26-7-8-29)33-15-6-5-13-3-1-2-4-14(13)9-15/h1-6,8-9,11,16,19,26H,7,10,12H2,(H2,25,27,30). The Morgan fingerprint density at radius 1 is 1.32 bits per heavy atom. The first-order valence-electron chi connectivity index (χ1n) is 10.1. The molecular weight excluding hydrogens is 493 g/mol. The smallest absolute Gasteiger partial charge is 0.351 e. The van der Waals surface area contributed by atoms with Crippen molar-refractivity contribution in [2.45, 2.75) is 24.7 Å². The van der Waals surface area contributed by atoms with Crippen molar-refractivity contribution >= 4 is 43.0 Å². The van der Waals surface area contributed by atoms with Crippen LogP contribution in [0.2, 0.25) is 5.02 Å². The zero-order valence-electron chi connectivity index (χ0n) is 17.6. The fraction of sp³-hybridized carbons (Fsp3) is 0.286. The van der Waals surface area contributed by atoms with Crippen LogP contribution < -0.4 is 21.0 Å². The van der Waals surface area contributed by atoms with Gasteiger partial charge in [0.1, 0.15) is 17.9 Å². The summed E-state index contributed by atoms with van der Waals surface area (Å²) in [5.74, 6) is -3.17. The Morgan fingerprint density at radius 3 is 2.85 bits per heavy atom. The first kappa shape index (κ1) is 24.4. The summed E-state index contributed by atoms with van der Waals surface area (Å²) in [4.78, 5) is 26.3. The molecule has 34 heavy (non-hydrogen) atoms. The molecule has 1 fully saturated rings. The third kappa shape index (κ3) is 5.51. The summed E-state index contributed by atoms with van der Waals surface area (Å²) >= 11 is 5.84. The third-order valence-electron chi connectivity index (χ3n) is 4.96. The summed E-state index contributed by atoms with van der Waals surface area (Å²) in [5.41, 5.74) is 4.44. The number of alkyl halides is 2. The first-order chi connectivity index (χ1) is 16.3. The molecule has 1 saturated heterocycles. The number of nitrogens with zero attached hydrogens (tertiary/aromatic N) is 2. The molecule has 0 spiro atoms. The van der Waals surface area contributed by atoms with Crippen molar-refractivity contribution in [1.82, 2.24) is 14.6 Å². The monoisotopic (exact) mass is 512 g/mol. The number of fused-ring (bicyclic) bond motifs is 1. The Morgan fingerprint density at radius 2 is 2.09 bits per heavy atom. The molecule has 3 unspecified atom stereocenters. The van der Waals surface area contributed by atoms with Gasteiger partial charge in [0.05, 0.1) is 24.3 Å². The number of ether oxygens (including phenoxy) is 1. The van der Waals surface area contributed by atoms with Crippen molar-refractivity contribution in [2.24, 2.45) is 0 Å². The highest BCUT2D eigenvalue weighted by molar-refractivity contribution is 7.45. The molecular formula is C21H20ClF2N4O5P. The number of carbonyl (C=O) groups excluding carboxylic acids is 1. The molecule has 3 N–H and O–H groups in total. The first-order valence-corrected chi connectivity index (χ1v) is 11.7. The van der Waals surface area contributed by atoms with Crippen molar-refractivity contribution < 1.29 is 27.4 Å². The fourth-order valence-corrected chi connectivity index (χ4v) is 4.60. The Labute approximate surface area is 198 Å². The van der Waals surface area contributed by atoms with Crippen LogP contribution >= 0.6 is 20.1 Å². The average Bonchev–Trinajstić information content (AvgIpc) is 3.11. The minimum Gasteiger partial charge on any atom is -0.436 e. The van der Waals surface area contributed by atoms with E-state index in [1.165, 1.54) is 0 Å². The Kier molecular flexibility index (Phi) is 7.39. The quantitative estimate of drug-likeness (QED) is 0.329. The number of halogens is 3. The topological polar surface area (TPSA) is 118 Å². The van der Waals surface area contributed by atoms with Crippen molar-refractivity contribution in [3.8, 4) is 5.75 Å². The van der Waals surface area contributed by atoms with E-state index in [2.05, 4.69) is 10.1 Å². The number of hydrogen-bond donors (Lipinski definition) is 2. The summed E-state index contributed by atoms with van der Waals surface area (Å²) in [7, 11) is -1.85. The van der Waals surface area contributed by atoms with Gasteiger partial charge in [-0.2, -0.15) is 4.98 Å². The zero-order valence-corrected chi connectivity index (χ0v) is 19.2. The van der Waals surface area contributed by atoms with Gasteiger partial charge in [-0.3, -0.25) is 4.57 Å². The lowest BCUT2D eigenvalue weighted by atomic mass is 10.1. The largest absolute Gasteiger partial charge is 0.436 e. The van der Waals surface area contributed by atoms with Crippen LogP contribution in [0.1, 0.15) is 12.6 Å². The van der Waals surface area contributed by atoms with Crippen LogP contribution in [0.15, 0.2) is 53.5 Å². The van der Waals surface area contributed by atoms with Crippen LogP contribution in [-0.4, -0.2) is 41.0 Å². The molecule has 0 bridgehead atoms. The normalized spacial score (nSPS) is 20.3. The van der Waals surface area contributed by atoms with E-state index in [0.717, 1.165) is 17.0 Å². The van der Waals surface area contributed by atoms with E-state index in [0.29, 0.717) is 16.6 Å². The summed E-state index contributed by atoms with van der Waals surface area (Å²) < 4.78 is 46.8. The second-order valence-electron chi connectivity index (χ2n) is 7.42. The van der Waals surface area contributed by atoms with Gasteiger partial charge >= 0.3 is 14.2 Å². The van der Waals surface area contributed by atoms with Crippen molar-refractivity contribution in [3.63, 3.8) is 0 Å². The molecule has 3 atom stereocenters. The van der Waals surface area contributed by atoms with Crippen LogP contribution in [0.25, 0.3) is 10.8 Å². The third-order valence-corrected chi connectivity index (χ3v) is 6.45. The fourth-order valence-electron chi connectivity index (χ4n) is 3.41. The number of nitrogens with two attached hydrogens (primary N) is 1. The van der Waals surface area contributed by atoms with E-state index in [1.807, 2.05) is 30.3 Å². The highest BCUT2D eigenvalue weighted by Gasteiger charge is 2.52. The highest BCUT2D eigenvalue weighted by atomic mass is 35.5. The van der Waals surface area contributed by atoms with Crippen LogP contribution in [0.5, 0.6) is 5.75 Å². The SMILES string of the molecule is Nc1nc(=O)n(C2OC(COP(NCC=O)Oc3ccc4ccccc4c3)CC2(F)F)cc1Cl. The second kappa shape index (κ2) is 10.3. The Hall–Kier alpha value is -2.69. The molecule has 13 heteroatoms. The number of nitrogen functional groups attached to an aromatic ring is 1. The number of carbonyl (C=O) groups is 1. The maximum atomic E-state index is 14.6. The Balaban J connectivity index is 1.44. The van der Waals surface area contributed by atoms with Gasteiger partial charge in [0.25, 0.3) is 5.92 Å². The van der Waals surface area contributed by atoms with E-state index in [1.54, 1.807) is 12.1 Å². The minimum atomic E-state index is -3.39. The van der Waals surface area contributed by atoms with Gasteiger partial charge in [-0.25, -0.2) is 18.7 Å². The minimum absolute atomic E-state index is 0.0609. The molecule has 9 nitrogen and oxygen atoms in total. The van der Waals surface area contributed by atoms with Crippen LogP contribution in [-0.2, 0) is 14.1 Å². The summed E-state index contributed by atoms with van der Waals surface area (Å²) in [6.07, 6.45) is -2.10. The molecule has 0 amide bonds. The number of aromatic nitrogens is 2. The van der Waals surface area contributed by atoms with Gasteiger partial charge in [-0.05, 0) is 22.9 Å². The molecule has 0 aliphatic carbocycles. The van der Waals surface area contributed by atoms with E-state index < -0.39 is 38.9 Å². The number of aldehydes is 1. The molecule has 4 rings (SSSR count). The lowest BCUT2D eigenvalue weighted by Crippen LogP contribution is -2.35. The predicted molar refractivity (Wildman–Crippen MR) is 123 cm³/mol. The van der Waals surface area contributed by atoms with E-state index in [9.17, 15) is 18.4 Å². The molecule has 2 heterocycles. The van der Waals surface area contributed by atoms with Crippen molar-refractivity contribution in [2.75, 3.05) is 18.9 Å². The van der Waals surface area contributed by atoms with Gasteiger partial charge < -0.3 is 24.3 Å². The van der Waals surface area contributed by atoms with E-state index in [-0.39, 0.29) is 24.0 Å². The van der Waals surface area contributed by atoms with Gasteiger partial charge in [0, 0.05) is 12.6 Å². The maximum absolute atomic E-state index is 14.6. The molecule has 0 radical (unpaired) electrons. The molecule has 0 saturated carbocycles. The second-order valence-corrected chi connectivity index (χ2v) is 9.10. The van der Waals surface area contributed by atoms with Crippen LogP contribution in [0, 0.1) is 0 Å². The zero-order chi connectivity index (χ0) is 24.3.